The number of hydrogen-bond donors (Lipinski definition) is 2. The summed E-state index contributed by atoms with van der Waals surface area (Å²) in [5.41, 5.74) is 5.49. The number of ether oxygens (including phenoxy) is 1. The lowest BCUT2D eigenvalue weighted by Crippen LogP contribution is -2.39. The summed E-state index contributed by atoms with van der Waals surface area (Å²) >= 11 is 4.85. The molecular formula is C10H20N2O2S. The number of thiocarbonyl (C=S) groups is 1. The summed E-state index contributed by atoms with van der Waals surface area (Å²) in [6, 6.07) is 0. The van der Waals surface area contributed by atoms with E-state index in [9.17, 15) is 4.79 Å². The largest absolute Gasteiger partial charge is 0.393 e. The molecule has 1 atom stereocenters. The van der Waals surface area contributed by atoms with Gasteiger partial charge >= 0.3 is 0 Å². The van der Waals surface area contributed by atoms with Crippen LogP contribution >= 0.6 is 12.2 Å². The number of amides is 1. The fraction of sp³-hybridized carbons (Fsp3) is 0.800. The normalized spacial score (nSPS) is 12.1. The third-order valence-corrected chi connectivity index (χ3v) is 2.27. The zero-order chi connectivity index (χ0) is 11.7. The lowest BCUT2D eigenvalue weighted by Gasteiger charge is -2.14. The van der Waals surface area contributed by atoms with Crippen LogP contribution in [0.5, 0.6) is 0 Å². The number of rotatable bonds is 8. The van der Waals surface area contributed by atoms with Gasteiger partial charge in [-0.2, -0.15) is 0 Å². The lowest BCUT2D eigenvalue weighted by molar-refractivity contribution is -0.123. The molecule has 0 fully saturated rings. The molecule has 88 valence electrons. The highest BCUT2D eigenvalue weighted by Gasteiger charge is 2.19. The molecule has 3 N–H and O–H groups in total. The van der Waals surface area contributed by atoms with Crippen molar-refractivity contribution < 1.29 is 9.53 Å². The Kier molecular flexibility index (Phi) is 8.22. The Labute approximate surface area is 96.5 Å². The first kappa shape index (κ1) is 14.3. The Morgan fingerprint density at radius 2 is 2.20 bits per heavy atom. The van der Waals surface area contributed by atoms with E-state index >= 15 is 0 Å². The molecule has 0 aliphatic heterocycles. The van der Waals surface area contributed by atoms with Crippen LogP contribution in [0.3, 0.4) is 0 Å². The number of carbonyl (C=O) groups excluding carboxylic acids is 1. The summed E-state index contributed by atoms with van der Waals surface area (Å²) in [5.74, 6) is -0.435. The highest BCUT2D eigenvalue weighted by Crippen LogP contribution is 2.06. The topological polar surface area (TPSA) is 64.3 Å². The van der Waals surface area contributed by atoms with Crippen LogP contribution in [-0.4, -0.2) is 30.7 Å². The van der Waals surface area contributed by atoms with Crippen molar-refractivity contribution >= 4 is 23.1 Å². The van der Waals surface area contributed by atoms with E-state index in [1.807, 2.05) is 13.8 Å². The lowest BCUT2D eigenvalue weighted by atomic mass is 10.0. The molecule has 0 spiro atoms. The van der Waals surface area contributed by atoms with Gasteiger partial charge in [0.05, 0.1) is 17.5 Å². The first-order valence-corrected chi connectivity index (χ1v) is 5.69. The van der Waals surface area contributed by atoms with Gasteiger partial charge < -0.3 is 15.8 Å². The quantitative estimate of drug-likeness (QED) is 0.481. The molecule has 0 aromatic heterocycles. The standard InChI is InChI=1S/C10H20N2O2S/c1-3-5-8(9(11)15)10(13)12-6-7-14-4-2/h8H,3-7H2,1-2H3,(H2,11,15)(H,12,13). The summed E-state index contributed by atoms with van der Waals surface area (Å²) in [4.78, 5) is 11.9. The van der Waals surface area contributed by atoms with E-state index in [2.05, 4.69) is 5.32 Å². The van der Waals surface area contributed by atoms with Crippen molar-refractivity contribution in [1.29, 1.82) is 0 Å². The summed E-state index contributed by atoms with van der Waals surface area (Å²) in [7, 11) is 0. The van der Waals surface area contributed by atoms with Gasteiger partial charge in [-0.1, -0.05) is 25.6 Å². The minimum atomic E-state index is -0.341. The van der Waals surface area contributed by atoms with Gasteiger partial charge in [0, 0.05) is 13.2 Å². The molecule has 0 radical (unpaired) electrons. The summed E-state index contributed by atoms with van der Waals surface area (Å²) in [5, 5.41) is 2.75. The Morgan fingerprint density at radius 1 is 1.53 bits per heavy atom. The molecule has 0 bridgehead atoms. The SMILES string of the molecule is CCCC(C(=O)NCCOCC)C(N)=S. The van der Waals surface area contributed by atoms with Gasteiger partial charge in [0.25, 0.3) is 0 Å². The number of nitrogens with one attached hydrogen (secondary N) is 1. The van der Waals surface area contributed by atoms with E-state index in [0.29, 0.717) is 26.2 Å². The van der Waals surface area contributed by atoms with E-state index in [-0.39, 0.29) is 16.8 Å². The molecule has 0 saturated carbocycles. The van der Waals surface area contributed by atoms with Crippen LogP contribution in [0.25, 0.3) is 0 Å². The minimum Gasteiger partial charge on any atom is -0.393 e. The van der Waals surface area contributed by atoms with Crippen LogP contribution in [0.2, 0.25) is 0 Å². The van der Waals surface area contributed by atoms with Crippen LogP contribution in [0.15, 0.2) is 0 Å². The van der Waals surface area contributed by atoms with Crippen molar-refractivity contribution in [1.82, 2.24) is 5.32 Å². The zero-order valence-corrected chi connectivity index (χ0v) is 10.2. The van der Waals surface area contributed by atoms with Gasteiger partial charge in [-0.3, -0.25) is 4.79 Å². The van der Waals surface area contributed by atoms with Crippen molar-refractivity contribution in [3.8, 4) is 0 Å². The van der Waals surface area contributed by atoms with Crippen LogP contribution in [0.1, 0.15) is 26.7 Å². The molecule has 0 aliphatic carbocycles. The second-order valence-electron chi connectivity index (χ2n) is 3.23. The Morgan fingerprint density at radius 3 is 2.67 bits per heavy atom. The molecule has 5 heteroatoms. The van der Waals surface area contributed by atoms with Gasteiger partial charge in [-0.15, -0.1) is 0 Å². The first-order valence-electron chi connectivity index (χ1n) is 5.28. The molecule has 0 aromatic carbocycles. The van der Waals surface area contributed by atoms with Crippen molar-refractivity contribution in [2.45, 2.75) is 26.7 Å². The van der Waals surface area contributed by atoms with E-state index < -0.39 is 0 Å². The van der Waals surface area contributed by atoms with Crippen LogP contribution < -0.4 is 11.1 Å². The molecule has 0 aromatic rings. The Bertz CT molecular complexity index is 210. The van der Waals surface area contributed by atoms with Crippen molar-refractivity contribution in [3.63, 3.8) is 0 Å². The van der Waals surface area contributed by atoms with E-state index in [4.69, 9.17) is 22.7 Å². The molecule has 1 unspecified atom stereocenters. The van der Waals surface area contributed by atoms with Crippen molar-refractivity contribution in [2.75, 3.05) is 19.8 Å². The summed E-state index contributed by atoms with van der Waals surface area (Å²) in [6.07, 6.45) is 1.59. The second-order valence-corrected chi connectivity index (χ2v) is 3.70. The maximum absolute atomic E-state index is 11.6. The molecule has 15 heavy (non-hydrogen) atoms. The monoisotopic (exact) mass is 232 g/mol. The maximum Gasteiger partial charge on any atom is 0.230 e. The first-order chi connectivity index (χ1) is 7.13. The van der Waals surface area contributed by atoms with Crippen LogP contribution in [0.4, 0.5) is 0 Å². The second kappa shape index (κ2) is 8.61. The molecule has 4 nitrogen and oxygen atoms in total. The van der Waals surface area contributed by atoms with E-state index in [0.717, 1.165) is 6.42 Å². The van der Waals surface area contributed by atoms with Gasteiger partial charge in [-0.25, -0.2) is 0 Å². The van der Waals surface area contributed by atoms with Crippen LogP contribution in [-0.2, 0) is 9.53 Å². The predicted molar refractivity (Wildman–Crippen MR) is 64.7 cm³/mol. The Hall–Kier alpha value is -0.680. The van der Waals surface area contributed by atoms with Gasteiger partial charge in [0.15, 0.2) is 0 Å². The summed E-state index contributed by atoms with van der Waals surface area (Å²) in [6.45, 7) is 5.60. The van der Waals surface area contributed by atoms with E-state index in [1.165, 1.54) is 0 Å². The third-order valence-electron chi connectivity index (χ3n) is 1.99. The van der Waals surface area contributed by atoms with Crippen molar-refractivity contribution in [3.05, 3.63) is 0 Å². The third kappa shape index (κ3) is 6.41. The smallest absolute Gasteiger partial charge is 0.230 e. The average Bonchev–Trinajstić information content (AvgIpc) is 2.20. The fourth-order valence-electron chi connectivity index (χ4n) is 1.21. The zero-order valence-electron chi connectivity index (χ0n) is 9.41. The van der Waals surface area contributed by atoms with Crippen molar-refractivity contribution in [2.24, 2.45) is 11.7 Å². The minimum absolute atomic E-state index is 0.0935. The number of hydrogen-bond acceptors (Lipinski definition) is 3. The van der Waals surface area contributed by atoms with Gasteiger partial charge in [-0.05, 0) is 13.3 Å². The maximum atomic E-state index is 11.6. The highest BCUT2D eigenvalue weighted by molar-refractivity contribution is 7.80. The molecular weight excluding hydrogens is 212 g/mol. The highest BCUT2D eigenvalue weighted by atomic mass is 32.1. The van der Waals surface area contributed by atoms with Gasteiger partial charge in [0.2, 0.25) is 5.91 Å². The molecule has 0 rings (SSSR count). The fourth-order valence-corrected chi connectivity index (χ4v) is 1.43. The molecule has 0 saturated heterocycles. The average molecular weight is 232 g/mol. The Balaban J connectivity index is 3.87. The predicted octanol–water partition coefficient (Wildman–Crippen LogP) is 0.842. The molecule has 0 aliphatic rings. The number of nitrogens with two attached hydrogens (primary N) is 1. The summed E-state index contributed by atoms with van der Waals surface area (Å²) < 4.78 is 5.11. The number of carbonyl (C=O) groups is 1. The molecule has 1 amide bonds. The van der Waals surface area contributed by atoms with Gasteiger partial charge in [0.1, 0.15) is 0 Å². The molecule has 0 heterocycles. The van der Waals surface area contributed by atoms with E-state index in [1.54, 1.807) is 0 Å². The van der Waals surface area contributed by atoms with Crippen LogP contribution in [0, 0.1) is 5.92 Å².